The van der Waals surface area contributed by atoms with Crippen molar-refractivity contribution in [1.82, 2.24) is 0 Å². The molecule has 28 heavy (non-hydrogen) atoms. The fourth-order valence-electron chi connectivity index (χ4n) is 2.69. The molecule has 0 amide bonds. The van der Waals surface area contributed by atoms with E-state index in [0.717, 1.165) is 11.1 Å². The van der Waals surface area contributed by atoms with Gasteiger partial charge in [-0.2, -0.15) is 5.26 Å². The van der Waals surface area contributed by atoms with Crippen molar-refractivity contribution in [3.05, 3.63) is 78.4 Å². The molecule has 140 valence electrons. The Morgan fingerprint density at radius 3 is 2.43 bits per heavy atom. The number of carbonyl (C=O) groups excluding carboxylic acids is 1. The van der Waals surface area contributed by atoms with Gasteiger partial charge in [-0.1, -0.05) is 48.5 Å². The number of para-hydroxylation sites is 1. The van der Waals surface area contributed by atoms with E-state index in [1.807, 2.05) is 60.7 Å². The lowest BCUT2D eigenvalue weighted by atomic mass is 10.1. The number of ether oxygens (including phenoxy) is 3. The first-order valence-corrected chi connectivity index (χ1v) is 8.77. The quantitative estimate of drug-likeness (QED) is 0.447. The number of esters is 1. The lowest BCUT2D eigenvalue weighted by molar-refractivity contribution is -0.135. The van der Waals surface area contributed by atoms with E-state index < -0.39 is 5.97 Å². The minimum atomic E-state index is -0.444. The maximum absolute atomic E-state index is 12.2. The molecule has 0 saturated heterocycles. The summed E-state index contributed by atoms with van der Waals surface area (Å²) in [7, 11) is 1.46. The third kappa shape index (κ3) is 4.68. The summed E-state index contributed by atoms with van der Waals surface area (Å²) >= 11 is 0. The molecule has 0 atom stereocenters. The second kappa shape index (κ2) is 9.24. The molecule has 0 heterocycles. The van der Waals surface area contributed by atoms with Crippen molar-refractivity contribution in [3.8, 4) is 34.4 Å². The van der Waals surface area contributed by atoms with Crippen LogP contribution in [0.3, 0.4) is 0 Å². The second-order valence-corrected chi connectivity index (χ2v) is 5.91. The van der Waals surface area contributed by atoms with E-state index in [2.05, 4.69) is 0 Å². The summed E-state index contributed by atoms with van der Waals surface area (Å²) in [6.07, 6.45) is 0.0757. The summed E-state index contributed by atoms with van der Waals surface area (Å²) in [5.41, 5.74) is 2.44. The number of carbonyl (C=O) groups is 1. The largest absolute Gasteiger partial charge is 0.493 e. The molecule has 0 unspecified atom stereocenters. The van der Waals surface area contributed by atoms with Gasteiger partial charge in [-0.25, -0.2) is 0 Å². The SMILES string of the molecule is COc1cc(C#N)ccc1OC(=O)CCOc1ccccc1-c1ccccc1. The van der Waals surface area contributed by atoms with Gasteiger partial charge in [0.05, 0.1) is 31.8 Å². The average molecular weight is 373 g/mol. The second-order valence-electron chi connectivity index (χ2n) is 5.91. The summed E-state index contributed by atoms with van der Waals surface area (Å²) in [6.45, 7) is 0.182. The number of hydrogen-bond donors (Lipinski definition) is 0. The third-order valence-corrected chi connectivity index (χ3v) is 4.05. The van der Waals surface area contributed by atoms with Crippen molar-refractivity contribution in [3.63, 3.8) is 0 Å². The van der Waals surface area contributed by atoms with Crippen LogP contribution in [0.25, 0.3) is 11.1 Å². The van der Waals surface area contributed by atoms with Gasteiger partial charge in [0.25, 0.3) is 0 Å². The molecule has 0 aliphatic carbocycles. The van der Waals surface area contributed by atoms with Crippen molar-refractivity contribution in [2.45, 2.75) is 6.42 Å². The highest BCUT2D eigenvalue weighted by Gasteiger charge is 2.12. The number of hydrogen-bond acceptors (Lipinski definition) is 5. The fourth-order valence-corrected chi connectivity index (χ4v) is 2.69. The maximum Gasteiger partial charge on any atom is 0.314 e. The Hall–Kier alpha value is -3.78. The molecule has 3 rings (SSSR count). The van der Waals surface area contributed by atoms with E-state index in [1.54, 1.807) is 12.1 Å². The lowest BCUT2D eigenvalue weighted by Gasteiger charge is -2.12. The zero-order valence-electron chi connectivity index (χ0n) is 15.4. The number of rotatable bonds is 7. The first-order chi connectivity index (χ1) is 13.7. The first-order valence-electron chi connectivity index (χ1n) is 8.77. The Kier molecular flexibility index (Phi) is 6.27. The van der Waals surface area contributed by atoms with Crippen LogP contribution in [-0.4, -0.2) is 19.7 Å². The normalized spacial score (nSPS) is 10.0. The van der Waals surface area contributed by atoms with Gasteiger partial charge in [0.1, 0.15) is 5.75 Å². The van der Waals surface area contributed by atoms with Crippen LogP contribution in [0.5, 0.6) is 17.2 Å². The standard InChI is InChI=1S/C23H19NO4/c1-26-22-15-17(16-24)11-12-21(22)28-23(25)13-14-27-20-10-6-5-9-19(20)18-7-3-2-4-8-18/h2-12,15H,13-14H2,1H3. The van der Waals surface area contributed by atoms with Crippen LogP contribution < -0.4 is 14.2 Å². The van der Waals surface area contributed by atoms with E-state index in [9.17, 15) is 4.79 Å². The Morgan fingerprint density at radius 2 is 1.68 bits per heavy atom. The summed E-state index contributed by atoms with van der Waals surface area (Å²) in [5, 5.41) is 8.93. The molecular weight excluding hydrogens is 354 g/mol. The highest BCUT2D eigenvalue weighted by atomic mass is 16.6. The van der Waals surface area contributed by atoms with Crippen LogP contribution in [0.15, 0.2) is 72.8 Å². The van der Waals surface area contributed by atoms with E-state index in [0.29, 0.717) is 17.1 Å². The maximum atomic E-state index is 12.2. The molecule has 0 N–H and O–H groups in total. The van der Waals surface area contributed by atoms with Crippen molar-refractivity contribution < 1.29 is 19.0 Å². The topological polar surface area (TPSA) is 68.5 Å². The van der Waals surface area contributed by atoms with E-state index >= 15 is 0 Å². The number of nitriles is 1. The smallest absolute Gasteiger partial charge is 0.314 e. The van der Waals surface area contributed by atoms with E-state index in [4.69, 9.17) is 19.5 Å². The molecular formula is C23H19NO4. The molecule has 0 spiro atoms. The Balaban J connectivity index is 1.61. The molecule has 0 aromatic heterocycles. The summed E-state index contributed by atoms with van der Waals surface area (Å²) in [6, 6.07) is 24.2. The van der Waals surface area contributed by atoms with Gasteiger partial charge in [0, 0.05) is 11.6 Å². The van der Waals surface area contributed by atoms with E-state index in [-0.39, 0.29) is 18.8 Å². The van der Waals surface area contributed by atoms with Crippen molar-refractivity contribution in [1.29, 1.82) is 5.26 Å². The third-order valence-electron chi connectivity index (χ3n) is 4.05. The van der Waals surface area contributed by atoms with Crippen LogP contribution >= 0.6 is 0 Å². The van der Waals surface area contributed by atoms with Crippen LogP contribution in [-0.2, 0) is 4.79 Å². The monoisotopic (exact) mass is 373 g/mol. The number of methoxy groups -OCH3 is 1. The van der Waals surface area contributed by atoms with Crippen LogP contribution in [0, 0.1) is 11.3 Å². The zero-order chi connectivity index (χ0) is 19.8. The van der Waals surface area contributed by atoms with Gasteiger partial charge < -0.3 is 14.2 Å². The van der Waals surface area contributed by atoms with Gasteiger partial charge in [-0.05, 0) is 23.8 Å². The minimum Gasteiger partial charge on any atom is -0.493 e. The van der Waals surface area contributed by atoms with Gasteiger partial charge in [0.2, 0.25) is 0 Å². The summed E-state index contributed by atoms with van der Waals surface area (Å²) in [5.74, 6) is 0.872. The Morgan fingerprint density at radius 1 is 0.929 bits per heavy atom. The molecule has 0 fully saturated rings. The average Bonchev–Trinajstić information content (AvgIpc) is 2.75. The highest BCUT2D eigenvalue weighted by molar-refractivity contribution is 5.74. The molecule has 0 radical (unpaired) electrons. The van der Waals surface area contributed by atoms with E-state index in [1.165, 1.54) is 13.2 Å². The Bertz CT molecular complexity index is 993. The Labute approximate surface area is 163 Å². The molecule has 0 bridgehead atoms. The van der Waals surface area contributed by atoms with Crippen molar-refractivity contribution in [2.75, 3.05) is 13.7 Å². The first kappa shape index (κ1) is 19.0. The van der Waals surface area contributed by atoms with Crippen LogP contribution in [0.4, 0.5) is 0 Å². The minimum absolute atomic E-state index is 0.0757. The molecule has 5 heteroatoms. The summed E-state index contributed by atoms with van der Waals surface area (Å²) in [4.78, 5) is 12.2. The molecule has 0 saturated carbocycles. The number of nitrogens with zero attached hydrogens (tertiary/aromatic N) is 1. The van der Waals surface area contributed by atoms with Crippen LogP contribution in [0.1, 0.15) is 12.0 Å². The molecule has 0 aliphatic heterocycles. The van der Waals surface area contributed by atoms with Gasteiger partial charge in [-0.3, -0.25) is 4.79 Å². The van der Waals surface area contributed by atoms with Crippen molar-refractivity contribution >= 4 is 5.97 Å². The molecule has 3 aromatic rings. The van der Waals surface area contributed by atoms with Gasteiger partial charge >= 0.3 is 5.97 Å². The summed E-state index contributed by atoms with van der Waals surface area (Å²) < 4.78 is 16.3. The van der Waals surface area contributed by atoms with Gasteiger partial charge in [-0.15, -0.1) is 0 Å². The highest BCUT2D eigenvalue weighted by Crippen LogP contribution is 2.30. The zero-order valence-corrected chi connectivity index (χ0v) is 15.4. The molecule has 5 nitrogen and oxygen atoms in total. The molecule has 0 aliphatic rings. The lowest BCUT2D eigenvalue weighted by Crippen LogP contribution is -2.13. The van der Waals surface area contributed by atoms with Crippen LogP contribution in [0.2, 0.25) is 0 Å². The predicted octanol–water partition coefficient (Wildman–Crippen LogP) is 4.61. The van der Waals surface area contributed by atoms with Gasteiger partial charge in [0.15, 0.2) is 11.5 Å². The fraction of sp³-hybridized carbons (Fsp3) is 0.130. The van der Waals surface area contributed by atoms with Crippen molar-refractivity contribution in [2.24, 2.45) is 0 Å². The predicted molar refractivity (Wildman–Crippen MR) is 105 cm³/mol. The molecule has 3 aromatic carbocycles. The number of benzene rings is 3.